The van der Waals surface area contributed by atoms with Gasteiger partial charge in [-0.3, -0.25) is 0 Å². The van der Waals surface area contributed by atoms with E-state index >= 15 is 0 Å². The highest BCUT2D eigenvalue weighted by Crippen LogP contribution is 2.27. The highest BCUT2D eigenvalue weighted by atomic mass is 16.4. The van der Waals surface area contributed by atoms with Gasteiger partial charge in [0, 0.05) is 11.1 Å². The van der Waals surface area contributed by atoms with Gasteiger partial charge in [-0.25, -0.2) is 9.59 Å². The molecule has 0 saturated heterocycles. The zero-order valence-electron chi connectivity index (χ0n) is 14.4. The molecule has 0 atom stereocenters. The minimum atomic E-state index is -0.552. The third-order valence-electron chi connectivity index (χ3n) is 4.51. The van der Waals surface area contributed by atoms with Crippen molar-refractivity contribution in [3.63, 3.8) is 0 Å². The molecule has 2 aromatic heterocycles. The standard InChI is InChI=1S/C22H16O4/c1-13-7-3-5-9-15(13)19-11-17-18(21(23)25-19)12-20(26-22(17)24)16-10-6-4-8-14(16)2/h3-12H,1-2H3. The smallest absolute Gasteiger partial charge is 0.344 e. The lowest BCUT2D eigenvalue weighted by atomic mass is 10.0. The van der Waals surface area contributed by atoms with Crippen molar-refractivity contribution >= 4 is 10.8 Å². The Morgan fingerprint density at radius 2 is 1.00 bits per heavy atom. The van der Waals surface area contributed by atoms with Gasteiger partial charge in [0.2, 0.25) is 0 Å². The van der Waals surface area contributed by atoms with Crippen molar-refractivity contribution in [2.45, 2.75) is 13.8 Å². The van der Waals surface area contributed by atoms with E-state index in [2.05, 4.69) is 0 Å². The summed E-state index contributed by atoms with van der Waals surface area (Å²) in [5.74, 6) is 0.716. The largest absolute Gasteiger partial charge is 0.422 e. The first kappa shape index (κ1) is 16.1. The van der Waals surface area contributed by atoms with Gasteiger partial charge in [0.05, 0.1) is 10.8 Å². The normalized spacial score (nSPS) is 11.0. The quantitative estimate of drug-likeness (QED) is 0.529. The number of benzene rings is 2. The lowest BCUT2D eigenvalue weighted by molar-refractivity contribution is 0.519. The fourth-order valence-electron chi connectivity index (χ4n) is 3.09. The summed E-state index contributed by atoms with van der Waals surface area (Å²) in [6, 6.07) is 18.2. The molecule has 0 saturated carbocycles. The second-order valence-electron chi connectivity index (χ2n) is 6.25. The van der Waals surface area contributed by atoms with Gasteiger partial charge in [-0.05, 0) is 37.1 Å². The summed E-state index contributed by atoms with van der Waals surface area (Å²) in [7, 11) is 0. The maximum atomic E-state index is 12.6. The van der Waals surface area contributed by atoms with E-state index < -0.39 is 11.3 Å². The molecule has 4 aromatic rings. The predicted molar refractivity (Wildman–Crippen MR) is 101 cm³/mol. The summed E-state index contributed by atoms with van der Waals surface area (Å²) in [6.07, 6.45) is 0. The van der Waals surface area contributed by atoms with Crippen LogP contribution < -0.4 is 11.3 Å². The molecule has 0 unspecified atom stereocenters. The van der Waals surface area contributed by atoms with Gasteiger partial charge in [0.15, 0.2) is 0 Å². The average Bonchev–Trinajstić information content (AvgIpc) is 2.63. The van der Waals surface area contributed by atoms with E-state index in [-0.39, 0.29) is 10.8 Å². The molecule has 0 amide bonds. The van der Waals surface area contributed by atoms with Gasteiger partial charge in [-0.2, -0.15) is 0 Å². The summed E-state index contributed by atoms with van der Waals surface area (Å²) in [4.78, 5) is 25.1. The van der Waals surface area contributed by atoms with Crippen LogP contribution in [0.25, 0.3) is 33.4 Å². The first-order valence-electron chi connectivity index (χ1n) is 8.28. The molecule has 0 bridgehead atoms. The first-order valence-corrected chi connectivity index (χ1v) is 8.28. The maximum Gasteiger partial charge on any atom is 0.344 e. The van der Waals surface area contributed by atoms with E-state index in [1.807, 2.05) is 62.4 Å². The minimum absolute atomic E-state index is 0.219. The first-order chi connectivity index (χ1) is 12.5. The van der Waals surface area contributed by atoms with Crippen molar-refractivity contribution in [2.75, 3.05) is 0 Å². The highest BCUT2D eigenvalue weighted by Gasteiger charge is 2.15. The second kappa shape index (κ2) is 6.15. The zero-order valence-corrected chi connectivity index (χ0v) is 14.4. The summed E-state index contributed by atoms with van der Waals surface area (Å²) < 4.78 is 11.0. The monoisotopic (exact) mass is 344 g/mol. The molecular formula is C22H16O4. The van der Waals surface area contributed by atoms with Crippen LogP contribution in [-0.4, -0.2) is 0 Å². The fourth-order valence-corrected chi connectivity index (χ4v) is 3.09. The number of fused-ring (bicyclic) bond motifs is 1. The molecule has 0 N–H and O–H groups in total. The Morgan fingerprint density at radius 1 is 0.615 bits per heavy atom. The van der Waals surface area contributed by atoms with E-state index in [0.29, 0.717) is 11.5 Å². The summed E-state index contributed by atoms with van der Waals surface area (Å²) >= 11 is 0. The second-order valence-corrected chi connectivity index (χ2v) is 6.25. The van der Waals surface area contributed by atoms with Crippen molar-refractivity contribution in [3.8, 4) is 22.6 Å². The van der Waals surface area contributed by atoms with E-state index in [0.717, 1.165) is 22.3 Å². The van der Waals surface area contributed by atoms with E-state index in [1.54, 1.807) is 12.1 Å². The third-order valence-corrected chi connectivity index (χ3v) is 4.51. The number of rotatable bonds is 2. The van der Waals surface area contributed by atoms with Crippen LogP contribution in [0.2, 0.25) is 0 Å². The molecule has 0 radical (unpaired) electrons. The Labute approximate surface area is 149 Å². The predicted octanol–water partition coefficient (Wildman–Crippen LogP) is 4.70. The molecule has 0 aliphatic heterocycles. The number of hydrogen-bond acceptors (Lipinski definition) is 4. The summed E-state index contributed by atoms with van der Waals surface area (Å²) in [5, 5.41) is 0.439. The molecule has 4 heteroatoms. The van der Waals surface area contributed by atoms with Crippen LogP contribution in [0.5, 0.6) is 0 Å². The van der Waals surface area contributed by atoms with Gasteiger partial charge >= 0.3 is 11.3 Å². The Bertz CT molecular complexity index is 1150. The molecule has 128 valence electrons. The summed E-state index contributed by atoms with van der Waals surface area (Å²) in [5.41, 5.74) is 2.35. The van der Waals surface area contributed by atoms with Gasteiger partial charge in [-0.15, -0.1) is 0 Å². The molecule has 4 rings (SSSR count). The lowest BCUT2D eigenvalue weighted by Crippen LogP contribution is -2.09. The van der Waals surface area contributed by atoms with Crippen molar-refractivity contribution in [1.29, 1.82) is 0 Å². The Hall–Kier alpha value is -3.40. The molecule has 0 aliphatic rings. The van der Waals surface area contributed by atoms with E-state index in [4.69, 9.17) is 8.83 Å². The molecule has 0 spiro atoms. The Balaban J connectivity index is 1.98. The number of aryl methyl sites for hydroxylation is 2. The average molecular weight is 344 g/mol. The van der Waals surface area contributed by atoms with Crippen LogP contribution in [0.3, 0.4) is 0 Å². The van der Waals surface area contributed by atoms with Crippen LogP contribution in [0, 0.1) is 13.8 Å². The van der Waals surface area contributed by atoms with Gasteiger partial charge in [0.25, 0.3) is 0 Å². The van der Waals surface area contributed by atoms with E-state index in [9.17, 15) is 9.59 Å². The van der Waals surface area contributed by atoms with Crippen molar-refractivity contribution in [2.24, 2.45) is 0 Å². The number of hydrogen-bond donors (Lipinski definition) is 0. The zero-order chi connectivity index (χ0) is 18.3. The molecule has 2 heterocycles. The third kappa shape index (κ3) is 2.65. The molecule has 4 nitrogen and oxygen atoms in total. The van der Waals surface area contributed by atoms with Gasteiger partial charge < -0.3 is 8.83 Å². The maximum absolute atomic E-state index is 12.6. The molecule has 0 aliphatic carbocycles. The molecule has 2 aromatic carbocycles. The van der Waals surface area contributed by atoms with Crippen molar-refractivity contribution < 1.29 is 8.83 Å². The molecular weight excluding hydrogens is 328 g/mol. The minimum Gasteiger partial charge on any atom is -0.422 e. The van der Waals surface area contributed by atoms with Crippen LogP contribution in [0.4, 0.5) is 0 Å². The van der Waals surface area contributed by atoms with E-state index in [1.165, 1.54) is 0 Å². The lowest BCUT2D eigenvalue weighted by Gasteiger charge is -2.07. The van der Waals surface area contributed by atoms with Gasteiger partial charge in [-0.1, -0.05) is 48.5 Å². The SMILES string of the molecule is Cc1ccccc1-c1cc2c(=O)oc(-c3ccccc3C)cc2c(=O)o1. The van der Waals surface area contributed by atoms with Crippen LogP contribution in [0.1, 0.15) is 11.1 Å². The van der Waals surface area contributed by atoms with Crippen LogP contribution >= 0.6 is 0 Å². The van der Waals surface area contributed by atoms with Crippen LogP contribution in [-0.2, 0) is 0 Å². The Morgan fingerprint density at radius 3 is 1.38 bits per heavy atom. The van der Waals surface area contributed by atoms with Crippen molar-refractivity contribution in [1.82, 2.24) is 0 Å². The molecule has 26 heavy (non-hydrogen) atoms. The summed E-state index contributed by atoms with van der Waals surface area (Å²) in [6.45, 7) is 3.84. The topological polar surface area (TPSA) is 60.4 Å². The molecule has 0 fully saturated rings. The highest BCUT2D eigenvalue weighted by molar-refractivity contribution is 5.86. The van der Waals surface area contributed by atoms with Gasteiger partial charge in [0.1, 0.15) is 11.5 Å². The van der Waals surface area contributed by atoms with Crippen molar-refractivity contribution in [3.05, 3.63) is 92.6 Å². The van der Waals surface area contributed by atoms with Crippen LogP contribution in [0.15, 0.2) is 79.1 Å². The fraction of sp³-hybridized carbons (Fsp3) is 0.0909. The Kier molecular flexibility index (Phi) is 3.81.